The van der Waals surface area contributed by atoms with Gasteiger partial charge in [0, 0.05) is 11.8 Å². The topological polar surface area (TPSA) is 81.0 Å². The van der Waals surface area contributed by atoms with Crippen molar-refractivity contribution in [1.29, 1.82) is 0 Å². The van der Waals surface area contributed by atoms with Gasteiger partial charge in [-0.1, -0.05) is 6.07 Å². The predicted octanol–water partition coefficient (Wildman–Crippen LogP) is 2.75. The molecule has 3 aromatic rings. The lowest BCUT2D eigenvalue weighted by Gasteiger charge is -2.06. The Morgan fingerprint density at radius 2 is 2.05 bits per heavy atom. The molecule has 106 valence electrons. The SMILES string of the molecule is Cc1ccc(Oc2nc3ccc(N)cc3c(=O)[nH]2)cc1F. The number of benzene rings is 2. The molecular formula is C15H12FN3O2. The number of nitrogens with two attached hydrogens (primary N) is 1. The number of ether oxygens (including phenoxy) is 1. The molecule has 3 N–H and O–H groups in total. The molecule has 0 fully saturated rings. The van der Waals surface area contributed by atoms with Gasteiger partial charge < -0.3 is 10.5 Å². The van der Waals surface area contributed by atoms with Crippen LogP contribution in [0.2, 0.25) is 0 Å². The Kier molecular flexibility index (Phi) is 3.06. The van der Waals surface area contributed by atoms with Gasteiger partial charge in [-0.05, 0) is 36.8 Å². The molecule has 1 heterocycles. The van der Waals surface area contributed by atoms with Gasteiger partial charge in [0.05, 0.1) is 10.9 Å². The number of nitrogens with one attached hydrogen (secondary N) is 1. The minimum Gasteiger partial charge on any atom is -0.425 e. The maximum atomic E-state index is 13.5. The van der Waals surface area contributed by atoms with Gasteiger partial charge in [0.25, 0.3) is 5.56 Å². The third-order valence-corrected chi connectivity index (χ3v) is 3.07. The fraction of sp³-hybridized carbons (Fsp3) is 0.0667. The second-order valence-electron chi connectivity index (χ2n) is 4.66. The number of aryl methyl sites for hydroxylation is 1. The molecule has 0 unspecified atom stereocenters. The predicted molar refractivity (Wildman–Crippen MR) is 78.0 cm³/mol. The van der Waals surface area contributed by atoms with E-state index in [0.29, 0.717) is 22.2 Å². The van der Waals surface area contributed by atoms with Crippen molar-refractivity contribution in [3.63, 3.8) is 0 Å². The average molecular weight is 285 g/mol. The lowest BCUT2D eigenvalue weighted by Crippen LogP contribution is -2.09. The third kappa shape index (κ3) is 2.55. The zero-order valence-electron chi connectivity index (χ0n) is 11.2. The number of H-pyrrole nitrogens is 1. The normalized spacial score (nSPS) is 10.8. The summed E-state index contributed by atoms with van der Waals surface area (Å²) in [5.41, 5.74) is 6.71. The van der Waals surface area contributed by atoms with Crippen LogP contribution in [0.5, 0.6) is 11.8 Å². The molecule has 0 radical (unpaired) electrons. The van der Waals surface area contributed by atoms with Crippen LogP contribution in [0.3, 0.4) is 0 Å². The highest BCUT2D eigenvalue weighted by Crippen LogP contribution is 2.21. The summed E-state index contributed by atoms with van der Waals surface area (Å²) >= 11 is 0. The second-order valence-corrected chi connectivity index (χ2v) is 4.66. The number of nitrogens with zero attached hydrogens (tertiary/aromatic N) is 1. The highest BCUT2D eigenvalue weighted by Gasteiger charge is 2.07. The highest BCUT2D eigenvalue weighted by atomic mass is 19.1. The number of aromatic nitrogens is 2. The number of hydrogen-bond donors (Lipinski definition) is 2. The molecule has 0 spiro atoms. The number of nitrogen functional groups attached to an aromatic ring is 1. The summed E-state index contributed by atoms with van der Waals surface area (Å²) in [5, 5.41) is 0.373. The summed E-state index contributed by atoms with van der Waals surface area (Å²) in [6, 6.07) is 9.24. The van der Waals surface area contributed by atoms with Crippen LogP contribution in [0.4, 0.5) is 10.1 Å². The molecule has 1 aromatic heterocycles. The standard InChI is InChI=1S/C15H12FN3O2/c1-8-2-4-10(7-12(8)16)21-15-18-13-5-3-9(17)6-11(13)14(20)19-15/h2-7H,17H2,1H3,(H,18,19,20). The fourth-order valence-electron chi connectivity index (χ4n) is 1.93. The molecule has 2 aromatic carbocycles. The average Bonchev–Trinajstić information content (AvgIpc) is 2.44. The summed E-state index contributed by atoms with van der Waals surface area (Å²) in [7, 11) is 0. The Bertz CT molecular complexity index is 890. The van der Waals surface area contributed by atoms with Crippen molar-refractivity contribution in [2.75, 3.05) is 5.73 Å². The van der Waals surface area contributed by atoms with Crippen LogP contribution in [-0.2, 0) is 0 Å². The van der Waals surface area contributed by atoms with Crippen molar-refractivity contribution < 1.29 is 9.13 Å². The molecule has 0 amide bonds. The van der Waals surface area contributed by atoms with Gasteiger partial charge in [-0.15, -0.1) is 0 Å². The van der Waals surface area contributed by atoms with Gasteiger partial charge in [0.15, 0.2) is 0 Å². The molecule has 6 heteroatoms. The Morgan fingerprint density at radius 3 is 2.81 bits per heavy atom. The number of fused-ring (bicyclic) bond motifs is 1. The van der Waals surface area contributed by atoms with E-state index in [0.717, 1.165) is 0 Å². The van der Waals surface area contributed by atoms with Gasteiger partial charge in [-0.3, -0.25) is 9.78 Å². The van der Waals surface area contributed by atoms with E-state index in [1.807, 2.05) is 0 Å². The van der Waals surface area contributed by atoms with E-state index < -0.39 is 0 Å². The van der Waals surface area contributed by atoms with Crippen LogP contribution < -0.4 is 16.0 Å². The maximum absolute atomic E-state index is 13.5. The molecule has 3 rings (SSSR count). The van der Waals surface area contributed by atoms with Gasteiger partial charge >= 0.3 is 6.01 Å². The van der Waals surface area contributed by atoms with Crippen molar-refractivity contribution in [2.24, 2.45) is 0 Å². The third-order valence-electron chi connectivity index (χ3n) is 3.07. The number of hydrogen-bond acceptors (Lipinski definition) is 4. The van der Waals surface area contributed by atoms with Crippen LogP contribution in [0.1, 0.15) is 5.56 Å². The van der Waals surface area contributed by atoms with E-state index in [-0.39, 0.29) is 23.1 Å². The van der Waals surface area contributed by atoms with E-state index >= 15 is 0 Å². The molecule has 0 atom stereocenters. The first-order valence-corrected chi connectivity index (χ1v) is 6.26. The highest BCUT2D eigenvalue weighted by molar-refractivity contribution is 5.81. The summed E-state index contributed by atoms with van der Waals surface area (Å²) in [5.74, 6) is -0.126. The van der Waals surface area contributed by atoms with Crippen LogP contribution in [0.15, 0.2) is 41.2 Å². The van der Waals surface area contributed by atoms with E-state index in [1.165, 1.54) is 12.1 Å². The summed E-state index contributed by atoms with van der Waals surface area (Å²) in [6.45, 7) is 1.65. The Morgan fingerprint density at radius 1 is 1.24 bits per heavy atom. The first kappa shape index (κ1) is 13.1. The first-order valence-electron chi connectivity index (χ1n) is 6.26. The summed E-state index contributed by atoms with van der Waals surface area (Å²) < 4.78 is 18.9. The van der Waals surface area contributed by atoms with Crippen molar-refractivity contribution >= 4 is 16.6 Å². The van der Waals surface area contributed by atoms with E-state index in [1.54, 1.807) is 31.2 Å². The largest absolute Gasteiger partial charge is 0.425 e. The van der Waals surface area contributed by atoms with Crippen LogP contribution in [-0.4, -0.2) is 9.97 Å². The van der Waals surface area contributed by atoms with Crippen LogP contribution in [0, 0.1) is 12.7 Å². The number of aromatic amines is 1. The maximum Gasteiger partial charge on any atom is 0.302 e. The Labute approximate surface area is 119 Å². The zero-order valence-corrected chi connectivity index (χ0v) is 11.2. The van der Waals surface area contributed by atoms with E-state index in [9.17, 15) is 9.18 Å². The molecule has 5 nitrogen and oxygen atoms in total. The molecule has 0 saturated heterocycles. The van der Waals surface area contributed by atoms with Gasteiger partial charge in [-0.25, -0.2) is 4.39 Å². The zero-order chi connectivity index (χ0) is 15.0. The molecule has 0 aliphatic rings. The molecule has 0 bridgehead atoms. The van der Waals surface area contributed by atoms with Crippen molar-refractivity contribution in [3.05, 3.63) is 58.1 Å². The summed E-state index contributed by atoms with van der Waals surface area (Å²) in [4.78, 5) is 18.6. The molecule has 0 saturated carbocycles. The lowest BCUT2D eigenvalue weighted by molar-refractivity contribution is 0.438. The number of anilines is 1. The second kappa shape index (κ2) is 4.90. The van der Waals surface area contributed by atoms with Gasteiger partial charge in [-0.2, -0.15) is 4.98 Å². The molecule has 21 heavy (non-hydrogen) atoms. The molecule has 0 aliphatic carbocycles. The minimum absolute atomic E-state index is 0.000486. The Balaban J connectivity index is 2.03. The first-order chi connectivity index (χ1) is 10.0. The van der Waals surface area contributed by atoms with Crippen molar-refractivity contribution in [2.45, 2.75) is 6.92 Å². The van der Waals surface area contributed by atoms with Crippen LogP contribution >= 0.6 is 0 Å². The smallest absolute Gasteiger partial charge is 0.302 e. The number of rotatable bonds is 2. The lowest BCUT2D eigenvalue weighted by atomic mass is 10.2. The van der Waals surface area contributed by atoms with E-state index in [4.69, 9.17) is 10.5 Å². The quantitative estimate of drug-likeness (QED) is 0.709. The van der Waals surface area contributed by atoms with Crippen LogP contribution in [0.25, 0.3) is 10.9 Å². The molecular weight excluding hydrogens is 273 g/mol. The Hall–Kier alpha value is -2.89. The monoisotopic (exact) mass is 285 g/mol. The molecule has 0 aliphatic heterocycles. The van der Waals surface area contributed by atoms with Crippen molar-refractivity contribution in [3.8, 4) is 11.8 Å². The van der Waals surface area contributed by atoms with Crippen molar-refractivity contribution in [1.82, 2.24) is 9.97 Å². The minimum atomic E-state index is -0.386. The fourth-order valence-corrected chi connectivity index (χ4v) is 1.93. The van der Waals surface area contributed by atoms with Gasteiger partial charge in [0.1, 0.15) is 11.6 Å². The van der Waals surface area contributed by atoms with E-state index in [2.05, 4.69) is 9.97 Å². The number of halogens is 1. The van der Waals surface area contributed by atoms with Gasteiger partial charge in [0.2, 0.25) is 0 Å². The summed E-state index contributed by atoms with van der Waals surface area (Å²) in [6.07, 6.45) is 0.